The Morgan fingerprint density at radius 2 is 1.86 bits per heavy atom. The highest BCUT2D eigenvalue weighted by atomic mass is 16.1. The number of aromatic nitrogens is 1. The van der Waals surface area contributed by atoms with E-state index in [-0.39, 0.29) is 5.56 Å². The van der Waals surface area contributed by atoms with Crippen LogP contribution in [0.1, 0.15) is 57.4 Å². The molecule has 0 unspecified atom stereocenters. The summed E-state index contributed by atoms with van der Waals surface area (Å²) in [5.74, 6) is 1.12. The van der Waals surface area contributed by atoms with E-state index in [0.29, 0.717) is 18.4 Å². The summed E-state index contributed by atoms with van der Waals surface area (Å²) in [4.78, 5) is 12.8. The van der Waals surface area contributed by atoms with Crippen LogP contribution in [0.4, 0.5) is 0 Å². The fourth-order valence-electron chi connectivity index (χ4n) is 3.12. The van der Waals surface area contributed by atoms with Crippen LogP contribution in [0.15, 0.2) is 10.9 Å². The quantitative estimate of drug-likeness (QED) is 0.873. The normalized spacial score (nSPS) is 14.8. The van der Waals surface area contributed by atoms with Gasteiger partial charge in [0.25, 0.3) is 5.56 Å². The molecule has 1 aromatic rings. The van der Waals surface area contributed by atoms with E-state index in [1.807, 2.05) is 0 Å². The van der Waals surface area contributed by atoms with Gasteiger partial charge in [0.05, 0.1) is 0 Å². The van der Waals surface area contributed by atoms with E-state index in [0.717, 1.165) is 31.5 Å². The summed E-state index contributed by atoms with van der Waals surface area (Å²) < 4.78 is 2.06. The van der Waals surface area contributed by atoms with Crippen molar-refractivity contribution in [3.63, 3.8) is 0 Å². The molecule has 0 amide bonds. The van der Waals surface area contributed by atoms with Crippen molar-refractivity contribution < 1.29 is 0 Å². The van der Waals surface area contributed by atoms with Crippen molar-refractivity contribution >= 4 is 0 Å². The molecule has 0 saturated heterocycles. The number of fused-ring (bicyclic) bond motifs is 1. The Balaban J connectivity index is 2.30. The van der Waals surface area contributed by atoms with Crippen molar-refractivity contribution in [2.75, 3.05) is 6.54 Å². The van der Waals surface area contributed by atoms with Crippen LogP contribution in [-0.4, -0.2) is 11.1 Å². The zero-order valence-electron chi connectivity index (χ0n) is 14.0. The van der Waals surface area contributed by atoms with Gasteiger partial charge in [0, 0.05) is 24.3 Å². The van der Waals surface area contributed by atoms with E-state index in [1.165, 1.54) is 24.1 Å². The average molecular weight is 290 g/mol. The van der Waals surface area contributed by atoms with Crippen molar-refractivity contribution in [3.05, 3.63) is 33.2 Å². The molecule has 2 rings (SSSR count). The molecule has 0 atom stereocenters. The fourth-order valence-corrected chi connectivity index (χ4v) is 3.12. The van der Waals surface area contributed by atoms with Crippen molar-refractivity contribution in [3.8, 4) is 0 Å². The number of hydrogen-bond donors (Lipinski definition) is 1. The van der Waals surface area contributed by atoms with Crippen LogP contribution < -0.4 is 10.9 Å². The van der Waals surface area contributed by atoms with E-state index in [1.54, 1.807) is 0 Å². The number of rotatable bonds is 6. The standard InChI is InChI=1S/C18H30N2O/c1-13(2)10-19-11-16-9-15-7-5-6-8-17(15)20(18(16)21)12-14(3)4/h9,13-14,19H,5-8,10-12H2,1-4H3. The number of hydrogen-bond acceptors (Lipinski definition) is 2. The topological polar surface area (TPSA) is 34.0 Å². The van der Waals surface area contributed by atoms with Crippen LogP contribution in [0, 0.1) is 11.8 Å². The van der Waals surface area contributed by atoms with E-state index in [2.05, 4.69) is 43.6 Å². The van der Waals surface area contributed by atoms with Gasteiger partial charge in [-0.3, -0.25) is 4.79 Å². The predicted octanol–water partition coefficient (Wildman–Crippen LogP) is 3.13. The Morgan fingerprint density at radius 1 is 1.14 bits per heavy atom. The Hall–Kier alpha value is -1.09. The maximum Gasteiger partial charge on any atom is 0.255 e. The fraction of sp³-hybridized carbons (Fsp3) is 0.722. The summed E-state index contributed by atoms with van der Waals surface area (Å²) in [6.07, 6.45) is 4.67. The van der Waals surface area contributed by atoms with E-state index < -0.39 is 0 Å². The molecule has 3 nitrogen and oxygen atoms in total. The second kappa shape index (κ2) is 7.26. The monoisotopic (exact) mass is 290 g/mol. The van der Waals surface area contributed by atoms with Crippen molar-refractivity contribution in [1.29, 1.82) is 0 Å². The van der Waals surface area contributed by atoms with Gasteiger partial charge in [0.1, 0.15) is 0 Å². The Kier molecular flexibility index (Phi) is 5.63. The first kappa shape index (κ1) is 16.3. The second-order valence-electron chi connectivity index (χ2n) is 7.18. The van der Waals surface area contributed by atoms with Crippen LogP contribution in [0.3, 0.4) is 0 Å². The van der Waals surface area contributed by atoms with Gasteiger partial charge < -0.3 is 9.88 Å². The van der Waals surface area contributed by atoms with Crippen molar-refractivity contribution in [2.45, 2.75) is 66.5 Å². The van der Waals surface area contributed by atoms with Gasteiger partial charge in [-0.15, -0.1) is 0 Å². The predicted molar refractivity (Wildman–Crippen MR) is 88.7 cm³/mol. The molecule has 0 bridgehead atoms. The minimum absolute atomic E-state index is 0.223. The number of pyridine rings is 1. The molecule has 0 fully saturated rings. The largest absolute Gasteiger partial charge is 0.312 e. The third-order valence-corrected chi connectivity index (χ3v) is 4.09. The molecule has 1 heterocycles. The molecule has 21 heavy (non-hydrogen) atoms. The molecule has 1 aromatic heterocycles. The minimum atomic E-state index is 0.223. The van der Waals surface area contributed by atoms with Crippen LogP contribution >= 0.6 is 0 Å². The van der Waals surface area contributed by atoms with Crippen LogP contribution in [-0.2, 0) is 25.9 Å². The SMILES string of the molecule is CC(C)CNCc1cc2c(n(CC(C)C)c1=O)CCCC2. The molecular weight excluding hydrogens is 260 g/mol. The molecular formula is C18H30N2O. The van der Waals surface area contributed by atoms with E-state index in [4.69, 9.17) is 0 Å². The number of nitrogens with zero attached hydrogens (tertiary/aromatic N) is 1. The maximum atomic E-state index is 12.8. The summed E-state index contributed by atoms with van der Waals surface area (Å²) in [5.41, 5.74) is 3.87. The van der Waals surface area contributed by atoms with Gasteiger partial charge in [-0.05, 0) is 55.7 Å². The molecule has 1 aliphatic carbocycles. The first-order valence-corrected chi connectivity index (χ1v) is 8.44. The first-order valence-electron chi connectivity index (χ1n) is 8.44. The number of nitrogens with one attached hydrogen (secondary N) is 1. The minimum Gasteiger partial charge on any atom is -0.312 e. The van der Waals surface area contributed by atoms with Crippen molar-refractivity contribution in [1.82, 2.24) is 9.88 Å². The lowest BCUT2D eigenvalue weighted by Crippen LogP contribution is -2.33. The second-order valence-corrected chi connectivity index (χ2v) is 7.18. The first-order chi connectivity index (χ1) is 9.99. The van der Waals surface area contributed by atoms with Crippen molar-refractivity contribution in [2.24, 2.45) is 11.8 Å². The summed E-state index contributed by atoms with van der Waals surface area (Å²) in [5, 5.41) is 3.42. The maximum absolute atomic E-state index is 12.8. The molecule has 3 heteroatoms. The smallest absolute Gasteiger partial charge is 0.255 e. The van der Waals surface area contributed by atoms with Gasteiger partial charge in [0.15, 0.2) is 0 Å². The summed E-state index contributed by atoms with van der Waals surface area (Å²) >= 11 is 0. The molecule has 0 radical (unpaired) electrons. The van der Waals surface area contributed by atoms with Gasteiger partial charge in [-0.25, -0.2) is 0 Å². The highest BCUT2D eigenvalue weighted by Crippen LogP contribution is 2.21. The molecule has 1 aliphatic rings. The molecule has 118 valence electrons. The summed E-state index contributed by atoms with van der Waals surface area (Å²) in [6.45, 7) is 11.3. The molecule has 1 N–H and O–H groups in total. The summed E-state index contributed by atoms with van der Waals surface area (Å²) in [7, 11) is 0. The third kappa shape index (κ3) is 4.19. The van der Waals surface area contributed by atoms with Gasteiger partial charge >= 0.3 is 0 Å². The van der Waals surface area contributed by atoms with Crippen LogP contribution in [0.5, 0.6) is 0 Å². The lowest BCUT2D eigenvalue weighted by atomic mass is 9.94. The Labute approximate surface area is 128 Å². The molecule has 0 aromatic carbocycles. The molecule has 0 aliphatic heterocycles. The molecule has 0 spiro atoms. The van der Waals surface area contributed by atoms with Crippen LogP contribution in [0.2, 0.25) is 0 Å². The highest BCUT2D eigenvalue weighted by molar-refractivity contribution is 5.29. The Morgan fingerprint density at radius 3 is 2.52 bits per heavy atom. The number of aryl methyl sites for hydroxylation is 1. The van der Waals surface area contributed by atoms with Gasteiger partial charge in [-0.1, -0.05) is 27.7 Å². The Bertz CT molecular complexity index is 529. The lowest BCUT2D eigenvalue weighted by molar-refractivity contribution is 0.474. The highest BCUT2D eigenvalue weighted by Gasteiger charge is 2.18. The summed E-state index contributed by atoms with van der Waals surface area (Å²) in [6, 6.07) is 2.17. The molecule has 0 saturated carbocycles. The van der Waals surface area contributed by atoms with E-state index >= 15 is 0 Å². The zero-order valence-corrected chi connectivity index (χ0v) is 14.0. The average Bonchev–Trinajstić information content (AvgIpc) is 2.42. The van der Waals surface area contributed by atoms with Gasteiger partial charge in [-0.2, -0.15) is 0 Å². The lowest BCUT2D eigenvalue weighted by Gasteiger charge is -2.23. The van der Waals surface area contributed by atoms with Gasteiger partial charge in [0.2, 0.25) is 0 Å². The zero-order chi connectivity index (χ0) is 15.4. The van der Waals surface area contributed by atoms with E-state index in [9.17, 15) is 4.79 Å². The third-order valence-electron chi connectivity index (χ3n) is 4.09. The van der Waals surface area contributed by atoms with Crippen LogP contribution in [0.25, 0.3) is 0 Å².